The lowest BCUT2D eigenvalue weighted by atomic mass is 10.3. The molecule has 6 heteroatoms. The van der Waals surface area contributed by atoms with Gasteiger partial charge in [0.15, 0.2) is 0 Å². The summed E-state index contributed by atoms with van der Waals surface area (Å²) in [6, 6.07) is 0. The molecule has 82 valence electrons. The largest absolute Gasteiger partial charge is 0.471 e. The van der Waals surface area contributed by atoms with Crippen molar-refractivity contribution in [3.05, 3.63) is 16.0 Å². The summed E-state index contributed by atoms with van der Waals surface area (Å²) < 4.78 is 6.21. The Morgan fingerprint density at radius 2 is 2.33 bits per heavy atom. The molecule has 4 nitrogen and oxygen atoms in total. The molecule has 1 N–H and O–H groups in total. The van der Waals surface area contributed by atoms with E-state index >= 15 is 0 Å². The minimum absolute atomic E-state index is 0.140. The fourth-order valence-corrected chi connectivity index (χ4v) is 2.01. The van der Waals surface area contributed by atoms with Crippen molar-refractivity contribution in [1.29, 1.82) is 0 Å². The van der Waals surface area contributed by atoms with Crippen molar-refractivity contribution in [3.8, 4) is 5.88 Å². The van der Waals surface area contributed by atoms with Crippen LogP contribution in [-0.2, 0) is 0 Å². The minimum atomic E-state index is -0.411. The molecule has 1 fully saturated rings. The van der Waals surface area contributed by atoms with Crippen LogP contribution >= 0.6 is 27.5 Å². The zero-order chi connectivity index (χ0) is 10.8. The van der Waals surface area contributed by atoms with Gasteiger partial charge < -0.3 is 9.84 Å². The Morgan fingerprint density at radius 3 is 3.00 bits per heavy atom. The molecule has 1 aliphatic rings. The number of rotatable bonds is 2. The van der Waals surface area contributed by atoms with Crippen LogP contribution in [-0.4, -0.2) is 27.3 Å². The molecular weight excluding hydrogens is 283 g/mol. The van der Waals surface area contributed by atoms with Gasteiger partial charge in [-0.2, -0.15) is 4.98 Å². The standard InChI is InChI=1S/C9H10BrClN2O2/c10-5-4-12-9(11)13-8(5)15-7-3-1-2-6(7)14/h4,6-7,14H,1-3H2/t6-,7?/m1/s1. The molecule has 1 heterocycles. The van der Waals surface area contributed by atoms with E-state index in [9.17, 15) is 5.11 Å². The molecule has 0 bridgehead atoms. The average Bonchev–Trinajstić information content (AvgIpc) is 2.58. The predicted molar refractivity (Wildman–Crippen MR) is 59.0 cm³/mol. The molecule has 1 aromatic rings. The van der Waals surface area contributed by atoms with Crippen LogP contribution in [0, 0.1) is 0 Å². The molecule has 1 saturated carbocycles. The Kier molecular flexibility index (Phi) is 3.43. The summed E-state index contributed by atoms with van der Waals surface area (Å²) in [7, 11) is 0. The number of hydrogen-bond donors (Lipinski definition) is 1. The number of nitrogens with zero attached hydrogens (tertiary/aromatic N) is 2. The van der Waals surface area contributed by atoms with Crippen molar-refractivity contribution < 1.29 is 9.84 Å². The number of ether oxygens (including phenoxy) is 1. The Bertz CT molecular complexity index is 364. The second kappa shape index (κ2) is 4.63. The molecule has 1 aliphatic carbocycles. The van der Waals surface area contributed by atoms with E-state index in [1.54, 1.807) is 0 Å². The zero-order valence-corrected chi connectivity index (χ0v) is 10.2. The summed E-state index contributed by atoms with van der Waals surface area (Å²) in [6.45, 7) is 0. The monoisotopic (exact) mass is 292 g/mol. The zero-order valence-electron chi connectivity index (χ0n) is 7.86. The Morgan fingerprint density at radius 1 is 1.53 bits per heavy atom. The number of hydrogen-bond acceptors (Lipinski definition) is 4. The van der Waals surface area contributed by atoms with E-state index < -0.39 is 6.10 Å². The van der Waals surface area contributed by atoms with Gasteiger partial charge in [-0.05, 0) is 46.8 Å². The van der Waals surface area contributed by atoms with Crippen molar-refractivity contribution >= 4 is 27.5 Å². The maximum Gasteiger partial charge on any atom is 0.232 e. The van der Waals surface area contributed by atoms with Crippen molar-refractivity contribution in [2.45, 2.75) is 31.5 Å². The Hall–Kier alpha value is -0.390. The van der Waals surface area contributed by atoms with E-state index in [0.29, 0.717) is 10.4 Å². The highest BCUT2D eigenvalue weighted by Gasteiger charge is 2.28. The molecular formula is C9H10BrClN2O2. The van der Waals surface area contributed by atoms with Gasteiger partial charge in [0.25, 0.3) is 0 Å². The fraction of sp³-hybridized carbons (Fsp3) is 0.556. The number of aliphatic hydroxyl groups excluding tert-OH is 1. The van der Waals surface area contributed by atoms with Gasteiger partial charge >= 0.3 is 0 Å². The number of halogens is 2. The highest BCUT2D eigenvalue weighted by atomic mass is 79.9. The molecule has 0 spiro atoms. The minimum Gasteiger partial charge on any atom is -0.471 e. The van der Waals surface area contributed by atoms with Gasteiger partial charge in [0.2, 0.25) is 11.2 Å². The average molecular weight is 294 g/mol. The molecule has 15 heavy (non-hydrogen) atoms. The molecule has 1 aromatic heterocycles. The van der Waals surface area contributed by atoms with E-state index in [4.69, 9.17) is 16.3 Å². The van der Waals surface area contributed by atoms with Crippen molar-refractivity contribution in [3.63, 3.8) is 0 Å². The van der Waals surface area contributed by atoms with Crippen molar-refractivity contribution in [2.75, 3.05) is 0 Å². The SMILES string of the molecule is O[C@@H]1CCCC1Oc1nc(Cl)ncc1Br. The summed E-state index contributed by atoms with van der Waals surface area (Å²) in [4.78, 5) is 7.74. The first-order valence-corrected chi connectivity index (χ1v) is 5.86. The van der Waals surface area contributed by atoms with E-state index in [1.165, 1.54) is 6.20 Å². The summed E-state index contributed by atoms with van der Waals surface area (Å²) in [5.74, 6) is 0.390. The van der Waals surface area contributed by atoms with Crippen LogP contribution in [0.3, 0.4) is 0 Å². The van der Waals surface area contributed by atoms with Gasteiger partial charge in [0.1, 0.15) is 6.10 Å². The van der Waals surface area contributed by atoms with Crippen LogP contribution in [0.25, 0.3) is 0 Å². The summed E-state index contributed by atoms with van der Waals surface area (Å²) in [6.07, 6.45) is 3.53. The highest BCUT2D eigenvalue weighted by molar-refractivity contribution is 9.10. The topological polar surface area (TPSA) is 55.2 Å². The Balaban J connectivity index is 2.12. The van der Waals surface area contributed by atoms with E-state index in [0.717, 1.165) is 19.3 Å². The number of aromatic nitrogens is 2. The smallest absolute Gasteiger partial charge is 0.232 e. The maximum atomic E-state index is 9.59. The molecule has 0 radical (unpaired) electrons. The fourth-order valence-electron chi connectivity index (χ4n) is 1.60. The molecule has 2 atom stereocenters. The second-order valence-electron chi connectivity index (χ2n) is 3.45. The first-order chi connectivity index (χ1) is 7.16. The van der Waals surface area contributed by atoms with Crippen molar-refractivity contribution in [1.82, 2.24) is 9.97 Å². The van der Waals surface area contributed by atoms with E-state index in [2.05, 4.69) is 25.9 Å². The van der Waals surface area contributed by atoms with Gasteiger partial charge in [-0.15, -0.1) is 0 Å². The Labute approximate surface area is 101 Å². The first kappa shape index (κ1) is 11.1. The van der Waals surface area contributed by atoms with Crippen LogP contribution in [0.15, 0.2) is 10.7 Å². The van der Waals surface area contributed by atoms with Crippen LogP contribution in [0.1, 0.15) is 19.3 Å². The maximum absolute atomic E-state index is 9.59. The van der Waals surface area contributed by atoms with Crippen LogP contribution in [0.4, 0.5) is 0 Å². The normalized spacial score (nSPS) is 25.5. The third-order valence-corrected chi connectivity index (χ3v) is 3.09. The quantitative estimate of drug-likeness (QED) is 0.849. The van der Waals surface area contributed by atoms with Gasteiger partial charge in [0.05, 0.1) is 10.6 Å². The molecule has 0 aromatic carbocycles. The second-order valence-corrected chi connectivity index (χ2v) is 4.64. The molecule has 0 amide bonds. The molecule has 2 rings (SSSR count). The summed E-state index contributed by atoms with van der Waals surface area (Å²) >= 11 is 8.92. The summed E-state index contributed by atoms with van der Waals surface area (Å²) in [5, 5.41) is 9.73. The third kappa shape index (κ3) is 2.59. The van der Waals surface area contributed by atoms with Crippen LogP contribution < -0.4 is 4.74 Å². The first-order valence-electron chi connectivity index (χ1n) is 4.69. The lowest BCUT2D eigenvalue weighted by molar-refractivity contribution is 0.0568. The third-order valence-electron chi connectivity index (χ3n) is 2.36. The van der Waals surface area contributed by atoms with Crippen LogP contribution in [0.2, 0.25) is 5.28 Å². The van der Waals surface area contributed by atoms with Crippen LogP contribution in [0.5, 0.6) is 5.88 Å². The van der Waals surface area contributed by atoms with Gasteiger partial charge in [-0.1, -0.05) is 0 Å². The van der Waals surface area contributed by atoms with E-state index in [1.807, 2.05) is 0 Å². The molecule has 0 saturated heterocycles. The van der Waals surface area contributed by atoms with E-state index in [-0.39, 0.29) is 11.4 Å². The molecule has 0 aliphatic heterocycles. The van der Waals surface area contributed by atoms with Crippen molar-refractivity contribution in [2.24, 2.45) is 0 Å². The predicted octanol–water partition coefficient (Wildman–Crippen LogP) is 2.18. The number of aliphatic hydroxyl groups is 1. The van der Waals surface area contributed by atoms with Gasteiger partial charge in [-0.3, -0.25) is 0 Å². The lowest BCUT2D eigenvalue weighted by Crippen LogP contribution is -2.26. The van der Waals surface area contributed by atoms with Gasteiger partial charge in [-0.25, -0.2) is 4.98 Å². The lowest BCUT2D eigenvalue weighted by Gasteiger charge is -2.16. The van der Waals surface area contributed by atoms with Gasteiger partial charge in [0, 0.05) is 6.20 Å². The molecule has 1 unspecified atom stereocenters. The highest BCUT2D eigenvalue weighted by Crippen LogP contribution is 2.28. The summed E-state index contributed by atoms with van der Waals surface area (Å²) in [5.41, 5.74) is 0.